The van der Waals surface area contributed by atoms with Gasteiger partial charge in [-0.2, -0.15) is 31.1 Å². The highest BCUT2D eigenvalue weighted by Crippen LogP contribution is 2.39. The zero-order valence-electron chi connectivity index (χ0n) is 24.2. The molecule has 2 saturated carbocycles. The summed E-state index contributed by atoms with van der Waals surface area (Å²) in [5, 5.41) is 13.0. The lowest BCUT2D eigenvalue weighted by Gasteiger charge is -2.29. The molecule has 0 atom stereocenters. The summed E-state index contributed by atoms with van der Waals surface area (Å²) in [5.74, 6) is 2.45. The van der Waals surface area contributed by atoms with Crippen LogP contribution in [0.25, 0.3) is 10.9 Å². The SMILES string of the molecule is COc1cccc2cc(CN(Cc3cc(C(F)(F)F)cc(C(F)(F)F)c3)c3nnn(C)n3)c(N(CC3CC3)CC3CC3)nc12. The van der Waals surface area contributed by atoms with Crippen LogP contribution in [0.3, 0.4) is 0 Å². The molecule has 0 spiro atoms. The molecule has 44 heavy (non-hydrogen) atoms. The Hall–Kier alpha value is -4.10. The van der Waals surface area contributed by atoms with Crippen LogP contribution in [0.1, 0.15) is 47.9 Å². The van der Waals surface area contributed by atoms with E-state index in [1.807, 2.05) is 24.3 Å². The third kappa shape index (κ3) is 6.83. The minimum atomic E-state index is -4.97. The molecule has 0 aliphatic heterocycles. The third-order valence-electron chi connectivity index (χ3n) is 7.90. The van der Waals surface area contributed by atoms with Crippen molar-refractivity contribution >= 4 is 22.7 Å². The summed E-state index contributed by atoms with van der Waals surface area (Å²) in [5.41, 5.74) is -1.54. The van der Waals surface area contributed by atoms with Crippen molar-refractivity contribution in [1.82, 2.24) is 25.2 Å². The van der Waals surface area contributed by atoms with Gasteiger partial charge < -0.3 is 14.5 Å². The van der Waals surface area contributed by atoms with Gasteiger partial charge in [0, 0.05) is 37.1 Å². The summed E-state index contributed by atoms with van der Waals surface area (Å²) < 4.78 is 87.6. The number of benzene rings is 2. The van der Waals surface area contributed by atoms with E-state index in [0.29, 0.717) is 28.9 Å². The van der Waals surface area contributed by atoms with Crippen LogP contribution in [0.2, 0.25) is 0 Å². The Morgan fingerprint density at radius 1 is 0.864 bits per heavy atom. The van der Waals surface area contributed by atoms with Gasteiger partial charge in [0.2, 0.25) is 0 Å². The van der Waals surface area contributed by atoms with E-state index in [-0.39, 0.29) is 30.7 Å². The van der Waals surface area contributed by atoms with Crippen molar-refractivity contribution < 1.29 is 31.1 Å². The first-order valence-electron chi connectivity index (χ1n) is 14.4. The monoisotopic (exact) mass is 619 g/mol. The van der Waals surface area contributed by atoms with E-state index in [1.165, 1.54) is 16.7 Å². The molecule has 2 fully saturated rings. The minimum Gasteiger partial charge on any atom is -0.494 e. The zero-order chi connectivity index (χ0) is 31.2. The lowest BCUT2D eigenvalue weighted by molar-refractivity contribution is -0.143. The molecule has 8 nitrogen and oxygen atoms in total. The van der Waals surface area contributed by atoms with Crippen molar-refractivity contribution in [3.05, 3.63) is 64.7 Å². The van der Waals surface area contributed by atoms with Crippen molar-refractivity contribution in [2.24, 2.45) is 18.9 Å². The average Bonchev–Trinajstić information content (AvgIpc) is 3.91. The first-order chi connectivity index (χ1) is 20.9. The summed E-state index contributed by atoms with van der Waals surface area (Å²) in [6.45, 7) is 1.34. The number of methoxy groups -OCH3 is 1. The summed E-state index contributed by atoms with van der Waals surface area (Å²) in [6.07, 6.45) is -5.43. The molecule has 0 bridgehead atoms. The molecule has 4 aromatic rings. The number of alkyl halides is 6. The molecular formula is C30H31F6N7O. The number of aryl methyl sites for hydroxylation is 1. The number of nitrogens with zero attached hydrogens (tertiary/aromatic N) is 7. The summed E-state index contributed by atoms with van der Waals surface area (Å²) in [4.78, 5) is 10.1. The first kappa shape index (κ1) is 29.9. The van der Waals surface area contributed by atoms with Crippen LogP contribution in [-0.4, -0.2) is 45.4 Å². The van der Waals surface area contributed by atoms with Crippen molar-refractivity contribution in [2.75, 3.05) is 30.0 Å². The number of hydrogen-bond acceptors (Lipinski definition) is 7. The number of anilines is 2. The number of tetrazole rings is 1. The maximum Gasteiger partial charge on any atom is 0.416 e. The van der Waals surface area contributed by atoms with Crippen LogP contribution in [0.4, 0.5) is 38.1 Å². The van der Waals surface area contributed by atoms with Gasteiger partial charge >= 0.3 is 12.4 Å². The van der Waals surface area contributed by atoms with Crippen LogP contribution in [0.5, 0.6) is 5.75 Å². The highest BCUT2D eigenvalue weighted by atomic mass is 19.4. The maximum atomic E-state index is 13.7. The number of halogens is 6. The lowest BCUT2D eigenvalue weighted by Crippen LogP contribution is -2.32. The molecule has 0 radical (unpaired) electrons. The Kier molecular flexibility index (Phi) is 7.78. The number of para-hydroxylation sites is 1. The summed E-state index contributed by atoms with van der Waals surface area (Å²) in [7, 11) is 3.10. The van der Waals surface area contributed by atoms with Crippen LogP contribution in [-0.2, 0) is 32.5 Å². The molecule has 2 heterocycles. The van der Waals surface area contributed by atoms with E-state index in [4.69, 9.17) is 9.72 Å². The second-order valence-electron chi connectivity index (χ2n) is 11.6. The van der Waals surface area contributed by atoms with Crippen molar-refractivity contribution in [3.8, 4) is 5.75 Å². The van der Waals surface area contributed by atoms with E-state index in [9.17, 15) is 26.3 Å². The molecule has 0 N–H and O–H groups in total. The molecule has 0 unspecified atom stereocenters. The number of rotatable bonds is 11. The Balaban J connectivity index is 1.45. The standard InChI is InChI=1S/C30H31F6N7O/c1-41-39-28(38-40-41)43(16-20-10-23(29(31,32)33)13-24(11-20)30(34,35)36)17-22-12-21-4-3-5-25(44-2)26(21)37-27(22)42(14-18-6-7-18)15-19-8-9-19/h3-5,10-13,18-19H,6-9,14-17H2,1-2H3. The highest BCUT2D eigenvalue weighted by molar-refractivity contribution is 5.87. The number of pyridine rings is 1. The fourth-order valence-corrected chi connectivity index (χ4v) is 5.37. The second kappa shape index (κ2) is 11.4. The number of fused-ring (bicyclic) bond motifs is 1. The van der Waals surface area contributed by atoms with Crippen LogP contribution in [0.15, 0.2) is 42.5 Å². The Morgan fingerprint density at radius 2 is 1.50 bits per heavy atom. The van der Waals surface area contributed by atoms with Crippen molar-refractivity contribution in [2.45, 2.75) is 51.1 Å². The van der Waals surface area contributed by atoms with Gasteiger partial charge in [-0.05, 0) is 78.6 Å². The molecule has 0 saturated heterocycles. The lowest BCUT2D eigenvalue weighted by atomic mass is 10.0. The van der Waals surface area contributed by atoms with Gasteiger partial charge in [-0.3, -0.25) is 0 Å². The molecule has 2 aliphatic rings. The number of aromatic nitrogens is 5. The molecule has 0 amide bonds. The average molecular weight is 620 g/mol. The molecule has 2 aromatic heterocycles. The number of hydrogen-bond donors (Lipinski definition) is 0. The van der Waals surface area contributed by atoms with Crippen molar-refractivity contribution in [1.29, 1.82) is 0 Å². The van der Waals surface area contributed by atoms with E-state index >= 15 is 0 Å². The third-order valence-corrected chi connectivity index (χ3v) is 7.90. The number of ether oxygens (including phenoxy) is 1. The quantitative estimate of drug-likeness (QED) is 0.174. The highest BCUT2D eigenvalue weighted by Gasteiger charge is 2.37. The van der Waals surface area contributed by atoms with Gasteiger partial charge in [-0.25, -0.2) is 4.98 Å². The fraction of sp³-hybridized carbons (Fsp3) is 0.467. The predicted molar refractivity (Wildman–Crippen MR) is 151 cm³/mol. The Labute approximate surface area is 249 Å². The first-order valence-corrected chi connectivity index (χ1v) is 14.4. The predicted octanol–water partition coefficient (Wildman–Crippen LogP) is 6.64. The van der Waals surface area contributed by atoms with Gasteiger partial charge in [0.15, 0.2) is 0 Å². The maximum absolute atomic E-state index is 13.7. The fourth-order valence-electron chi connectivity index (χ4n) is 5.37. The van der Waals surface area contributed by atoms with E-state index in [2.05, 4.69) is 20.3 Å². The van der Waals surface area contributed by atoms with E-state index < -0.39 is 23.5 Å². The van der Waals surface area contributed by atoms with Gasteiger partial charge in [0.25, 0.3) is 5.95 Å². The molecule has 6 rings (SSSR count). The van der Waals surface area contributed by atoms with Crippen LogP contribution >= 0.6 is 0 Å². The molecule has 2 aromatic carbocycles. The molecule has 234 valence electrons. The van der Waals surface area contributed by atoms with E-state index in [0.717, 1.165) is 61.9 Å². The minimum absolute atomic E-state index is 0.0601. The zero-order valence-corrected chi connectivity index (χ0v) is 24.2. The van der Waals surface area contributed by atoms with Crippen molar-refractivity contribution in [3.63, 3.8) is 0 Å². The summed E-state index contributed by atoms with van der Waals surface area (Å²) >= 11 is 0. The Bertz CT molecular complexity index is 1600. The van der Waals surface area contributed by atoms with Gasteiger partial charge in [-0.15, -0.1) is 5.10 Å². The van der Waals surface area contributed by atoms with Gasteiger partial charge in [-0.1, -0.05) is 17.2 Å². The van der Waals surface area contributed by atoms with Crippen LogP contribution < -0.4 is 14.5 Å². The van der Waals surface area contributed by atoms with E-state index in [1.54, 1.807) is 7.11 Å². The Morgan fingerprint density at radius 3 is 2.02 bits per heavy atom. The van der Waals surface area contributed by atoms with Gasteiger partial charge in [0.05, 0.1) is 25.3 Å². The normalized spacial score (nSPS) is 15.5. The second-order valence-corrected chi connectivity index (χ2v) is 11.6. The van der Waals surface area contributed by atoms with Crippen LogP contribution in [0, 0.1) is 11.8 Å². The smallest absolute Gasteiger partial charge is 0.416 e. The van der Waals surface area contributed by atoms with Gasteiger partial charge in [0.1, 0.15) is 17.1 Å². The molecule has 2 aliphatic carbocycles. The molecular weight excluding hydrogens is 588 g/mol. The topological polar surface area (TPSA) is 72.2 Å². The summed E-state index contributed by atoms with van der Waals surface area (Å²) in [6, 6.07) is 9.08. The largest absolute Gasteiger partial charge is 0.494 e. The molecule has 14 heteroatoms.